The number of guanidine groups is 1. The van der Waals surface area contributed by atoms with Crippen molar-refractivity contribution < 1.29 is 9.47 Å². The highest BCUT2D eigenvalue weighted by Gasteiger charge is 2.19. The fourth-order valence-corrected chi connectivity index (χ4v) is 3.17. The van der Waals surface area contributed by atoms with E-state index in [1.165, 1.54) is 0 Å². The minimum absolute atomic E-state index is 0. The van der Waals surface area contributed by atoms with Gasteiger partial charge in [0.25, 0.3) is 0 Å². The molecular formula is C22H31IN4O2. The van der Waals surface area contributed by atoms with E-state index in [1.54, 1.807) is 6.20 Å². The molecule has 0 radical (unpaired) electrons. The second-order valence-corrected chi connectivity index (χ2v) is 7.03. The number of nitrogens with one attached hydrogen (secondary N) is 1. The maximum absolute atomic E-state index is 5.79. The minimum atomic E-state index is 0. The molecular weight excluding hydrogens is 479 g/mol. The van der Waals surface area contributed by atoms with E-state index in [0.29, 0.717) is 19.1 Å². The molecule has 0 aliphatic carbocycles. The molecule has 2 heterocycles. The molecule has 1 aliphatic heterocycles. The molecule has 158 valence electrons. The van der Waals surface area contributed by atoms with Crippen LogP contribution in [-0.2, 0) is 17.9 Å². The summed E-state index contributed by atoms with van der Waals surface area (Å²) in [6.07, 6.45) is 2.90. The summed E-state index contributed by atoms with van der Waals surface area (Å²) in [5, 5.41) is 3.38. The summed E-state index contributed by atoms with van der Waals surface area (Å²) in [5.41, 5.74) is 2.07. The summed E-state index contributed by atoms with van der Waals surface area (Å²) in [6, 6.07) is 13.9. The summed E-state index contributed by atoms with van der Waals surface area (Å²) in [5.74, 6) is 2.36. The molecule has 1 aromatic heterocycles. The van der Waals surface area contributed by atoms with Crippen molar-refractivity contribution in [2.75, 3.05) is 33.4 Å². The van der Waals surface area contributed by atoms with Crippen molar-refractivity contribution >= 4 is 29.9 Å². The van der Waals surface area contributed by atoms with Crippen molar-refractivity contribution in [1.82, 2.24) is 15.2 Å². The first-order valence-corrected chi connectivity index (χ1v) is 9.93. The molecule has 7 heteroatoms. The highest BCUT2D eigenvalue weighted by Crippen LogP contribution is 2.15. The topological polar surface area (TPSA) is 59.0 Å². The zero-order valence-electron chi connectivity index (χ0n) is 17.2. The molecule has 2 aromatic rings. The molecule has 1 aromatic carbocycles. The average molecular weight is 510 g/mol. The summed E-state index contributed by atoms with van der Waals surface area (Å²) in [4.78, 5) is 11.3. The van der Waals surface area contributed by atoms with Gasteiger partial charge in [-0.05, 0) is 43.2 Å². The molecule has 6 nitrogen and oxygen atoms in total. The standard InChI is InChI=1S/C22H30N4O2.HI/c1-3-23-22(26(2)15-19-11-13-27-16-19)25-14-18-7-9-21(10-8-18)28-17-20-6-4-5-12-24-20;/h4-10,12,19H,3,11,13-17H2,1-2H3,(H,23,25);1H. The monoisotopic (exact) mass is 510 g/mol. The van der Waals surface area contributed by atoms with E-state index < -0.39 is 0 Å². The number of aromatic nitrogens is 1. The number of halogens is 1. The molecule has 0 saturated carbocycles. The maximum atomic E-state index is 5.79. The Balaban J connectivity index is 0.00000300. The van der Waals surface area contributed by atoms with Gasteiger partial charge in [0.05, 0.1) is 18.8 Å². The van der Waals surface area contributed by atoms with E-state index >= 15 is 0 Å². The van der Waals surface area contributed by atoms with E-state index in [9.17, 15) is 0 Å². The molecule has 3 rings (SSSR count). The first-order chi connectivity index (χ1) is 13.7. The fourth-order valence-electron chi connectivity index (χ4n) is 3.17. The minimum Gasteiger partial charge on any atom is -0.487 e. The van der Waals surface area contributed by atoms with Gasteiger partial charge in [0.1, 0.15) is 12.4 Å². The quantitative estimate of drug-likeness (QED) is 0.334. The molecule has 0 amide bonds. The lowest BCUT2D eigenvalue weighted by Gasteiger charge is -2.24. The molecule has 1 aliphatic rings. The van der Waals surface area contributed by atoms with Crippen LogP contribution in [0.15, 0.2) is 53.7 Å². The number of hydrogen-bond donors (Lipinski definition) is 1. The van der Waals surface area contributed by atoms with Crippen LogP contribution < -0.4 is 10.1 Å². The third-order valence-electron chi connectivity index (χ3n) is 4.70. The van der Waals surface area contributed by atoms with Gasteiger partial charge in [-0.25, -0.2) is 4.99 Å². The molecule has 1 atom stereocenters. The van der Waals surface area contributed by atoms with Crippen molar-refractivity contribution in [3.8, 4) is 5.75 Å². The van der Waals surface area contributed by atoms with Gasteiger partial charge in [0, 0.05) is 38.9 Å². The van der Waals surface area contributed by atoms with Crippen molar-refractivity contribution in [2.24, 2.45) is 10.9 Å². The third kappa shape index (κ3) is 7.81. The molecule has 0 spiro atoms. The molecule has 1 unspecified atom stereocenters. The van der Waals surface area contributed by atoms with Crippen molar-refractivity contribution in [1.29, 1.82) is 0 Å². The lowest BCUT2D eigenvalue weighted by molar-refractivity contribution is 0.181. The highest BCUT2D eigenvalue weighted by atomic mass is 127. The second kappa shape index (κ2) is 12.6. The van der Waals surface area contributed by atoms with Gasteiger partial charge in [0.2, 0.25) is 0 Å². The summed E-state index contributed by atoms with van der Waals surface area (Å²) < 4.78 is 11.3. The molecule has 0 bridgehead atoms. The van der Waals surface area contributed by atoms with Gasteiger partial charge in [0.15, 0.2) is 5.96 Å². The van der Waals surface area contributed by atoms with Gasteiger partial charge in [-0.3, -0.25) is 4.98 Å². The Kier molecular flexibility index (Phi) is 10.2. The summed E-state index contributed by atoms with van der Waals surface area (Å²) in [7, 11) is 2.09. The van der Waals surface area contributed by atoms with Gasteiger partial charge < -0.3 is 19.7 Å². The van der Waals surface area contributed by atoms with Gasteiger partial charge >= 0.3 is 0 Å². The van der Waals surface area contributed by atoms with Gasteiger partial charge in [-0.15, -0.1) is 24.0 Å². The third-order valence-corrected chi connectivity index (χ3v) is 4.70. The SMILES string of the molecule is CCNC(=NCc1ccc(OCc2ccccn2)cc1)N(C)CC1CCOC1.I. The predicted molar refractivity (Wildman–Crippen MR) is 127 cm³/mol. The Morgan fingerprint density at radius 2 is 2.10 bits per heavy atom. The normalized spacial score (nSPS) is 16.2. The zero-order valence-corrected chi connectivity index (χ0v) is 19.5. The summed E-state index contributed by atoms with van der Waals surface area (Å²) >= 11 is 0. The van der Waals surface area contributed by atoms with Crippen molar-refractivity contribution in [2.45, 2.75) is 26.5 Å². The van der Waals surface area contributed by atoms with E-state index in [4.69, 9.17) is 14.5 Å². The Morgan fingerprint density at radius 1 is 1.28 bits per heavy atom. The number of rotatable bonds is 8. The Morgan fingerprint density at radius 3 is 2.76 bits per heavy atom. The molecule has 1 saturated heterocycles. The number of hydrogen-bond acceptors (Lipinski definition) is 4. The first-order valence-electron chi connectivity index (χ1n) is 9.93. The average Bonchev–Trinajstić information content (AvgIpc) is 3.24. The van der Waals surface area contributed by atoms with Crippen LogP contribution >= 0.6 is 24.0 Å². The fraction of sp³-hybridized carbons (Fsp3) is 0.455. The number of benzene rings is 1. The molecule has 1 N–H and O–H groups in total. The van der Waals surface area contributed by atoms with Crippen LogP contribution in [0, 0.1) is 5.92 Å². The van der Waals surface area contributed by atoms with E-state index in [1.807, 2.05) is 30.3 Å². The highest BCUT2D eigenvalue weighted by molar-refractivity contribution is 14.0. The Bertz CT molecular complexity index is 734. The first kappa shape index (κ1) is 23.4. The van der Waals surface area contributed by atoms with E-state index in [2.05, 4.69) is 41.3 Å². The number of pyridine rings is 1. The second-order valence-electron chi connectivity index (χ2n) is 7.03. The Hall–Kier alpha value is -1.87. The van der Waals surface area contributed by atoms with Crippen LogP contribution in [0.25, 0.3) is 0 Å². The predicted octanol–water partition coefficient (Wildman–Crippen LogP) is 3.71. The maximum Gasteiger partial charge on any atom is 0.193 e. The van der Waals surface area contributed by atoms with Crippen LogP contribution in [0.3, 0.4) is 0 Å². The smallest absolute Gasteiger partial charge is 0.193 e. The van der Waals surface area contributed by atoms with Crippen molar-refractivity contribution in [3.63, 3.8) is 0 Å². The van der Waals surface area contributed by atoms with Gasteiger partial charge in [-0.2, -0.15) is 0 Å². The largest absolute Gasteiger partial charge is 0.487 e. The van der Waals surface area contributed by atoms with Crippen LogP contribution in [0.2, 0.25) is 0 Å². The summed E-state index contributed by atoms with van der Waals surface area (Å²) in [6.45, 7) is 6.74. The number of ether oxygens (including phenoxy) is 2. The van der Waals surface area contributed by atoms with Crippen LogP contribution in [0.5, 0.6) is 5.75 Å². The Labute approximate surface area is 190 Å². The lowest BCUT2D eigenvalue weighted by atomic mass is 10.1. The van der Waals surface area contributed by atoms with Gasteiger partial charge in [-0.1, -0.05) is 18.2 Å². The number of nitrogens with zero attached hydrogens (tertiary/aromatic N) is 3. The molecule has 29 heavy (non-hydrogen) atoms. The zero-order chi connectivity index (χ0) is 19.6. The van der Waals surface area contributed by atoms with Crippen LogP contribution in [-0.4, -0.2) is 49.2 Å². The number of aliphatic imine (C=N–C) groups is 1. The van der Waals surface area contributed by atoms with Crippen LogP contribution in [0.1, 0.15) is 24.6 Å². The van der Waals surface area contributed by atoms with E-state index in [-0.39, 0.29) is 24.0 Å². The van der Waals surface area contributed by atoms with Crippen molar-refractivity contribution in [3.05, 3.63) is 59.9 Å². The van der Waals surface area contributed by atoms with E-state index in [0.717, 1.165) is 55.7 Å². The lowest BCUT2D eigenvalue weighted by Crippen LogP contribution is -2.41. The molecule has 1 fully saturated rings. The van der Waals surface area contributed by atoms with Crippen LogP contribution in [0.4, 0.5) is 0 Å².